The summed E-state index contributed by atoms with van der Waals surface area (Å²) in [4.78, 5) is 10.5. The van der Waals surface area contributed by atoms with Gasteiger partial charge in [-0.05, 0) is 18.9 Å². The third-order valence-corrected chi connectivity index (χ3v) is 1.66. The second-order valence-corrected chi connectivity index (χ2v) is 2.63. The number of hydrogen-bond donors (Lipinski definition) is 0. The van der Waals surface area contributed by atoms with Crippen molar-refractivity contribution in [1.82, 2.24) is 0 Å². The van der Waals surface area contributed by atoms with Crippen LogP contribution in [0.5, 0.6) is 0 Å². The summed E-state index contributed by atoms with van der Waals surface area (Å²) in [7, 11) is 0. The standard InChI is InChI=1S/C9H12O2/c1-7(11-8(2)10)9-5-3-4-6-9/h3-5,7H,6H2,1-2H3. The van der Waals surface area contributed by atoms with Crippen molar-refractivity contribution in [3.63, 3.8) is 0 Å². The third kappa shape index (κ3) is 2.22. The summed E-state index contributed by atoms with van der Waals surface area (Å²) < 4.78 is 4.99. The van der Waals surface area contributed by atoms with E-state index < -0.39 is 0 Å². The van der Waals surface area contributed by atoms with Gasteiger partial charge in [0.1, 0.15) is 6.10 Å². The van der Waals surface area contributed by atoms with E-state index in [2.05, 4.69) is 6.08 Å². The molecule has 0 bridgehead atoms. The van der Waals surface area contributed by atoms with E-state index in [1.807, 2.05) is 19.1 Å². The largest absolute Gasteiger partial charge is 0.458 e. The molecule has 0 aromatic rings. The lowest BCUT2D eigenvalue weighted by molar-refractivity contribution is -0.143. The van der Waals surface area contributed by atoms with E-state index in [9.17, 15) is 4.79 Å². The van der Waals surface area contributed by atoms with Gasteiger partial charge in [-0.25, -0.2) is 0 Å². The summed E-state index contributed by atoms with van der Waals surface area (Å²) in [6.07, 6.45) is 6.87. The van der Waals surface area contributed by atoms with Gasteiger partial charge in [-0.1, -0.05) is 18.2 Å². The number of ether oxygens (including phenoxy) is 1. The van der Waals surface area contributed by atoms with Crippen LogP contribution in [0.2, 0.25) is 0 Å². The molecule has 1 unspecified atom stereocenters. The number of rotatable bonds is 2. The van der Waals surface area contributed by atoms with Crippen LogP contribution in [-0.2, 0) is 9.53 Å². The molecule has 60 valence electrons. The van der Waals surface area contributed by atoms with Crippen LogP contribution in [0.3, 0.4) is 0 Å². The fraction of sp³-hybridized carbons (Fsp3) is 0.444. The van der Waals surface area contributed by atoms with E-state index in [0.29, 0.717) is 0 Å². The molecule has 2 heteroatoms. The van der Waals surface area contributed by atoms with Crippen molar-refractivity contribution in [2.24, 2.45) is 0 Å². The number of hydrogen-bond acceptors (Lipinski definition) is 2. The van der Waals surface area contributed by atoms with Gasteiger partial charge in [-0.3, -0.25) is 4.79 Å². The minimum atomic E-state index is -0.217. The van der Waals surface area contributed by atoms with Crippen molar-refractivity contribution in [3.8, 4) is 0 Å². The Bertz CT molecular complexity index is 214. The number of carbonyl (C=O) groups is 1. The van der Waals surface area contributed by atoms with Crippen LogP contribution in [-0.4, -0.2) is 12.1 Å². The smallest absolute Gasteiger partial charge is 0.303 e. The molecule has 0 N–H and O–H groups in total. The molecule has 0 radical (unpaired) electrons. The van der Waals surface area contributed by atoms with Gasteiger partial charge in [-0.15, -0.1) is 0 Å². The molecule has 1 atom stereocenters. The molecular formula is C9H12O2. The van der Waals surface area contributed by atoms with Crippen LogP contribution in [0, 0.1) is 0 Å². The van der Waals surface area contributed by atoms with Crippen molar-refractivity contribution in [3.05, 3.63) is 23.8 Å². The first kappa shape index (κ1) is 8.05. The highest BCUT2D eigenvalue weighted by Gasteiger charge is 2.11. The molecule has 11 heavy (non-hydrogen) atoms. The fourth-order valence-electron chi connectivity index (χ4n) is 1.09. The average Bonchev–Trinajstić information content (AvgIpc) is 2.35. The molecule has 1 aliphatic carbocycles. The topological polar surface area (TPSA) is 26.3 Å². The van der Waals surface area contributed by atoms with Gasteiger partial charge in [0.05, 0.1) is 0 Å². The molecule has 1 rings (SSSR count). The van der Waals surface area contributed by atoms with Gasteiger partial charge < -0.3 is 4.74 Å². The van der Waals surface area contributed by atoms with Gasteiger partial charge in [-0.2, -0.15) is 0 Å². The summed E-state index contributed by atoms with van der Waals surface area (Å²) >= 11 is 0. The lowest BCUT2D eigenvalue weighted by Crippen LogP contribution is -2.13. The van der Waals surface area contributed by atoms with E-state index in [4.69, 9.17) is 4.74 Å². The Balaban J connectivity index is 2.42. The summed E-state index contributed by atoms with van der Waals surface area (Å²) in [6.45, 7) is 3.32. The van der Waals surface area contributed by atoms with Crippen molar-refractivity contribution >= 4 is 5.97 Å². The van der Waals surface area contributed by atoms with Crippen LogP contribution < -0.4 is 0 Å². The maximum Gasteiger partial charge on any atom is 0.303 e. The number of esters is 1. The first-order chi connectivity index (χ1) is 5.20. The Morgan fingerprint density at radius 3 is 2.91 bits per heavy atom. The molecule has 0 aliphatic heterocycles. The molecule has 2 nitrogen and oxygen atoms in total. The lowest BCUT2D eigenvalue weighted by Gasteiger charge is -2.12. The van der Waals surface area contributed by atoms with Crippen molar-refractivity contribution in [1.29, 1.82) is 0 Å². The monoisotopic (exact) mass is 152 g/mol. The number of carbonyl (C=O) groups excluding carboxylic acids is 1. The molecule has 0 spiro atoms. The van der Waals surface area contributed by atoms with Crippen LogP contribution in [0.25, 0.3) is 0 Å². The quantitative estimate of drug-likeness (QED) is 0.564. The minimum Gasteiger partial charge on any atom is -0.458 e. The van der Waals surface area contributed by atoms with E-state index in [-0.39, 0.29) is 12.1 Å². The zero-order valence-electron chi connectivity index (χ0n) is 6.83. The molecule has 1 aliphatic rings. The Hall–Kier alpha value is -1.05. The Kier molecular flexibility index (Phi) is 2.47. The molecule has 0 amide bonds. The fourth-order valence-corrected chi connectivity index (χ4v) is 1.09. The van der Waals surface area contributed by atoms with E-state index in [0.717, 1.165) is 6.42 Å². The summed E-state index contributed by atoms with van der Waals surface area (Å²) in [6, 6.07) is 0. The Morgan fingerprint density at radius 2 is 2.45 bits per heavy atom. The van der Waals surface area contributed by atoms with Gasteiger partial charge >= 0.3 is 5.97 Å². The Morgan fingerprint density at radius 1 is 1.73 bits per heavy atom. The molecular weight excluding hydrogens is 140 g/mol. The number of allylic oxidation sites excluding steroid dienone is 3. The average molecular weight is 152 g/mol. The van der Waals surface area contributed by atoms with E-state index >= 15 is 0 Å². The van der Waals surface area contributed by atoms with Gasteiger partial charge in [0.15, 0.2) is 0 Å². The first-order valence-corrected chi connectivity index (χ1v) is 3.73. The van der Waals surface area contributed by atoms with Crippen LogP contribution in [0.4, 0.5) is 0 Å². The van der Waals surface area contributed by atoms with Gasteiger partial charge in [0.25, 0.3) is 0 Å². The van der Waals surface area contributed by atoms with Crippen LogP contribution in [0.15, 0.2) is 23.8 Å². The Labute approximate surface area is 66.5 Å². The van der Waals surface area contributed by atoms with Crippen molar-refractivity contribution < 1.29 is 9.53 Å². The molecule has 0 aromatic carbocycles. The van der Waals surface area contributed by atoms with E-state index in [1.54, 1.807) is 0 Å². The predicted molar refractivity (Wildman–Crippen MR) is 43.1 cm³/mol. The van der Waals surface area contributed by atoms with Gasteiger partial charge in [0, 0.05) is 6.92 Å². The van der Waals surface area contributed by atoms with Gasteiger partial charge in [0.2, 0.25) is 0 Å². The molecule has 0 saturated heterocycles. The normalized spacial score (nSPS) is 17.8. The third-order valence-electron chi connectivity index (χ3n) is 1.66. The van der Waals surface area contributed by atoms with E-state index in [1.165, 1.54) is 12.5 Å². The summed E-state index contributed by atoms with van der Waals surface area (Å²) in [5, 5.41) is 0. The SMILES string of the molecule is CC(=O)OC(C)C1=CC=CC1. The second-order valence-electron chi connectivity index (χ2n) is 2.63. The van der Waals surface area contributed by atoms with Crippen LogP contribution >= 0.6 is 0 Å². The highest BCUT2D eigenvalue weighted by molar-refractivity contribution is 5.66. The maximum atomic E-state index is 10.5. The highest BCUT2D eigenvalue weighted by atomic mass is 16.5. The minimum absolute atomic E-state index is 0.0671. The predicted octanol–water partition coefficient (Wildman–Crippen LogP) is 1.82. The second kappa shape index (κ2) is 3.37. The summed E-state index contributed by atoms with van der Waals surface area (Å²) in [5.74, 6) is -0.217. The summed E-state index contributed by atoms with van der Waals surface area (Å²) in [5.41, 5.74) is 1.17. The first-order valence-electron chi connectivity index (χ1n) is 3.73. The lowest BCUT2D eigenvalue weighted by atomic mass is 10.1. The molecule has 0 fully saturated rings. The highest BCUT2D eigenvalue weighted by Crippen LogP contribution is 2.16. The van der Waals surface area contributed by atoms with Crippen molar-refractivity contribution in [2.45, 2.75) is 26.4 Å². The molecule has 0 saturated carbocycles. The van der Waals surface area contributed by atoms with Crippen molar-refractivity contribution in [2.75, 3.05) is 0 Å². The molecule has 0 aromatic heterocycles. The van der Waals surface area contributed by atoms with Crippen LogP contribution in [0.1, 0.15) is 20.3 Å². The zero-order chi connectivity index (χ0) is 8.27. The zero-order valence-corrected chi connectivity index (χ0v) is 6.83. The maximum absolute atomic E-state index is 10.5. The molecule has 0 heterocycles.